The van der Waals surface area contributed by atoms with Crippen LogP contribution in [0.25, 0.3) is 0 Å². The van der Waals surface area contributed by atoms with Crippen molar-refractivity contribution in [1.82, 2.24) is 4.90 Å². The Morgan fingerprint density at radius 1 is 1.24 bits per heavy atom. The molecule has 5 heteroatoms. The van der Waals surface area contributed by atoms with Crippen molar-refractivity contribution in [3.63, 3.8) is 0 Å². The summed E-state index contributed by atoms with van der Waals surface area (Å²) in [4.78, 5) is 14.4. The lowest BCUT2D eigenvalue weighted by Gasteiger charge is -2.23. The van der Waals surface area contributed by atoms with Gasteiger partial charge in [-0.3, -0.25) is 4.79 Å². The summed E-state index contributed by atoms with van der Waals surface area (Å²) in [5, 5.41) is 9.17. The summed E-state index contributed by atoms with van der Waals surface area (Å²) in [6, 6.07) is 14.1. The summed E-state index contributed by atoms with van der Waals surface area (Å²) in [6.07, 6.45) is 2.86. The van der Waals surface area contributed by atoms with E-state index in [4.69, 9.17) is 16.9 Å². The van der Waals surface area contributed by atoms with Crippen LogP contribution in [-0.4, -0.2) is 16.8 Å². The van der Waals surface area contributed by atoms with E-state index in [1.165, 1.54) is 6.07 Å². The summed E-state index contributed by atoms with van der Waals surface area (Å²) in [5.74, 6) is -0.371. The van der Waals surface area contributed by atoms with Crippen LogP contribution in [0.5, 0.6) is 0 Å². The first-order chi connectivity index (χ1) is 12.1. The predicted octanol–water partition coefficient (Wildman–Crippen LogP) is 4.47. The highest BCUT2D eigenvalue weighted by Gasteiger charge is 2.33. The first kappa shape index (κ1) is 17.4. The van der Waals surface area contributed by atoms with Crippen LogP contribution >= 0.6 is 11.6 Å². The minimum absolute atomic E-state index is 0.00572. The summed E-state index contributed by atoms with van der Waals surface area (Å²) in [6.45, 7) is 0.211. The zero-order valence-electron chi connectivity index (χ0n) is 13.7. The van der Waals surface area contributed by atoms with Gasteiger partial charge in [0.25, 0.3) is 0 Å². The highest BCUT2D eigenvalue weighted by Crippen LogP contribution is 2.31. The van der Waals surface area contributed by atoms with E-state index in [9.17, 15) is 9.18 Å². The van der Waals surface area contributed by atoms with Gasteiger partial charge in [-0.1, -0.05) is 29.8 Å². The Bertz CT molecular complexity index is 789. The lowest BCUT2D eigenvalue weighted by Crippen LogP contribution is -2.33. The number of benzene rings is 2. The molecule has 3 rings (SSSR count). The van der Waals surface area contributed by atoms with Gasteiger partial charge in [0.05, 0.1) is 18.2 Å². The molecule has 0 bridgehead atoms. The number of nitrogens with zero attached hydrogens (tertiary/aromatic N) is 2. The molecule has 1 saturated carbocycles. The lowest BCUT2D eigenvalue weighted by atomic mass is 10.1. The number of halogens is 2. The molecule has 0 saturated heterocycles. The fraction of sp³-hybridized carbons (Fsp3) is 0.300. The molecule has 1 aliphatic carbocycles. The molecule has 2 aromatic rings. The average Bonchev–Trinajstić information content (AvgIpc) is 3.45. The van der Waals surface area contributed by atoms with Crippen LogP contribution in [0.15, 0.2) is 42.5 Å². The second-order valence-corrected chi connectivity index (χ2v) is 6.67. The van der Waals surface area contributed by atoms with Gasteiger partial charge in [-0.15, -0.1) is 0 Å². The average molecular weight is 357 g/mol. The maximum absolute atomic E-state index is 14.0. The van der Waals surface area contributed by atoms with Crippen molar-refractivity contribution >= 4 is 17.5 Å². The first-order valence-corrected chi connectivity index (χ1v) is 8.67. The van der Waals surface area contributed by atoms with Crippen LogP contribution in [0.3, 0.4) is 0 Å². The number of carbonyl (C=O) groups excluding carboxylic acids is 1. The zero-order valence-corrected chi connectivity index (χ0v) is 14.5. The van der Waals surface area contributed by atoms with Gasteiger partial charge in [0, 0.05) is 23.0 Å². The van der Waals surface area contributed by atoms with E-state index in [0.717, 1.165) is 18.4 Å². The van der Waals surface area contributed by atoms with E-state index in [1.807, 2.05) is 12.1 Å². The Morgan fingerprint density at radius 2 is 1.96 bits per heavy atom. The second kappa shape index (κ2) is 7.67. The number of hydrogen-bond acceptors (Lipinski definition) is 2. The lowest BCUT2D eigenvalue weighted by molar-refractivity contribution is -0.132. The Morgan fingerprint density at radius 3 is 2.56 bits per heavy atom. The van der Waals surface area contributed by atoms with Crippen LogP contribution < -0.4 is 0 Å². The third-order valence-corrected chi connectivity index (χ3v) is 4.76. The molecule has 25 heavy (non-hydrogen) atoms. The van der Waals surface area contributed by atoms with E-state index in [-0.39, 0.29) is 24.3 Å². The van der Waals surface area contributed by atoms with Crippen molar-refractivity contribution in [3.8, 4) is 6.07 Å². The van der Waals surface area contributed by atoms with Gasteiger partial charge < -0.3 is 4.90 Å². The minimum atomic E-state index is -0.377. The summed E-state index contributed by atoms with van der Waals surface area (Å²) < 4.78 is 14.0. The van der Waals surface area contributed by atoms with Gasteiger partial charge in [0.1, 0.15) is 5.82 Å². The third-order valence-electron chi connectivity index (χ3n) is 4.41. The van der Waals surface area contributed by atoms with Gasteiger partial charge >= 0.3 is 0 Å². The Kier molecular flexibility index (Phi) is 5.35. The summed E-state index contributed by atoms with van der Waals surface area (Å²) >= 11 is 6.10. The van der Waals surface area contributed by atoms with E-state index < -0.39 is 0 Å². The number of rotatable bonds is 6. The molecule has 1 amide bonds. The van der Waals surface area contributed by atoms with Gasteiger partial charge in [-0.2, -0.15) is 5.26 Å². The van der Waals surface area contributed by atoms with Crippen molar-refractivity contribution in [2.45, 2.75) is 38.3 Å². The highest BCUT2D eigenvalue weighted by atomic mass is 35.5. The van der Waals surface area contributed by atoms with Crippen LogP contribution in [0.4, 0.5) is 4.39 Å². The number of carbonyl (C=O) groups is 1. The van der Waals surface area contributed by atoms with E-state index in [0.29, 0.717) is 29.0 Å². The first-order valence-electron chi connectivity index (χ1n) is 8.30. The molecule has 128 valence electrons. The number of hydrogen-bond donors (Lipinski definition) is 0. The van der Waals surface area contributed by atoms with Crippen LogP contribution in [-0.2, 0) is 17.8 Å². The quantitative estimate of drug-likeness (QED) is 0.766. The van der Waals surface area contributed by atoms with Gasteiger partial charge in [-0.25, -0.2) is 4.39 Å². The fourth-order valence-corrected chi connectivity index (χ4v) is 3.02. The van der Waals surface area contributed by atoms with Crippen molar-refractivity contribution < 1.29 is 9.18 Å². The van der Waals surface area contributed by atoms with E-state index in [1.54, 1.807) is 29.2 Å². The second-order valence-electron chi connectivity index (χ2n) is 6.26. The SMILES string of the molecule is N#Cc1ccc(CCC(=O)N(Cc2c(F)cccc2Cl)C2CC2)cc1. The van der Waals surface area contributed by atoms with Crippen molar-refractivity contribution in [1.29, 1.82) is 5.26 Å². The van der Waals surface area contributed by atoms with Crippen molar-refractivity contribution in [3.05, 3.63) is 70.0 Å². The van der Waals surface area contributed by atoms with Gasteiger partial charge in [0.15, 0.2) is 0 Å². The molecule has 0 spiro atoms. The van der Waals surface area contributed by atoms with Crippen molar-refractivity contribution in [2.75, 3.05) is 0 Å². The normalized spacial score (nSPS) is 13.3. The van der Waals surface area contributed by atoms with Gasteiger partial charge in [-0.05, 0) is 49.1 Å². The predicted molar refractivity (Wildman–Crippen MR) is 94.5 cm³/mol. The molecule has 0 N–H and O–H groups in total. The Balaban J connectivity index is 1.66. The minimum Gasteiger partial charge on any atom is -0.335 e. The molecule has 2 aromatic carbocycles. The Labute approximate surface area is 151 Å². The Hall–Kier alpha value is -2.38. The van der Waals surface area contributed by atoms with Crippen LogP contribution in [0.1, 0.15) is 36.0 Å². The standard InChI is InChI=1S/C20H18ClFN2O/c21-18-2-1-3-19(22)17(18)13-24(16-9-10-16)20(25)11-8-14-4-6-15(12-23)7-5-14/h1-7,16H,8-11,13H2. The molecule has 1 fully saturated rings. The van der Waals surface area contributed by atoms with Crippen LogP contribution in [0, 0.1) is 17.1 Å². The maximum Gasteiger partial charge on any atom is 0.223 e. The fourth-order valence-electron chi connectivity index (χ4n) is 2.80. The molecule has 0 heterocycles. The highest BCUT2D eigenvalue weighted by molar-refractivity contribution is 6.31. The molecule has 0 aromatic heterocycles. The maximum atomic E-state index is 14.0. The summed E-state index contributed by atoms with van der Waals surface area (Å²) in [5.41, 5.74) is 1.98. The number of aryl methyl sites for hydroxylation is 1. The number of amides is 1. The smallest absolute Gasteiger partial charge is 0.223 e. The zero-order chi connectivity index (χ0) is 17.8. The molecule has 3 nitrogen and oxygen atoms in total. The summed E-state index contributed by atoms with van der Waals surface area (Å²) in [7, 11) is 0. The molecule has 0 atom stereocenters. The molecular formula is C20H18ClFN2O. The monoisotopic (exact) mass is 356 g/mol. The van der Waals surface area contributed by atoms with Crippen molar-refractivity contribution in [2.24, 2.45) is 0 Å². The third kappa shape index (κ3) is 4.37. The molecule has 1 aliphatic rings. The van der Waals surface area contributed by atoms with E-state index in [2.05, 4.69) is 6.07 Å². The van der Waals surface area contributed by atoms with Crippen LogP contribution in [0.2, 0.25) is 5.02 Å². The topological polar surface area (TPSA) is 44.1 Å². The molecule has 0 unspecified atom stereocenters. The number of nitriles is 1. The molecular weight excluding hydrogens is 339 g/mol. The molecule has 0 aliphatic heterocycles. The largest absolute Gasteiger partial charge is 0.335 e. The molecule has 0 radical (unpaired) electrons. The van der Waals surface area contributed by atoms with Gasteiger partial charge in [0.2, 0.25) is 5.91 Å². The van der Waals surface area contributed by atoms with E-state index >= 15 is 0 Å².